The number of hydrogen-bond donors (Lipinski definition) is 2. The number of phenols is 1. The first-order chi connectivity index (χ1) is 11.0. The van der Waals surface area contributed by atoms with Crippen LogP contribution in [0, 0.1) is 17.3 Å². The Morgan fingerprint density at radius 3 is 2.83 bits per heavy atom. The average molecular weight is 316 g/mol. The lowest BCUT2D eigenvalue weighted by Crippen LogP contribution is -2.44. The minimum absolute atomic E-state index is 0.104. The van der Waals surface area contributed by atoms with Crippen molar-refractivity contribution in [1.29, 1.82) is 0 Å². The van der Waals surface area contributed by atoms with Crippen LogP contribution in [0.25, 0.3) is 0 Å². The molecule has 3 heteroatoms. The number of aliphatic hydroxyl groups excluding tert-OH is 1. The molecular weight excluding hydrogens is 288 g/mol. The van der Waals surface area contributed by atoms with Crippen LogP contribution in [0.5, 0.6) is 5.75 Å². The fraction of sp³-hybridized carbons (Fsp3) is 0.700. The topological polar surface area (TPSA) is 49.7 Å². The first kappa shape index (κ1) is 15.5. The van der Waals surface area contributed by atoms with Crippen molar-refractivity contribution in [1.82, 2.24) is 0 Å². The second-order valence-corrected chi connectivity index (χ2v) is 8.22. The van der Waals surface area contributed by atoms with Crippen molar-refractivity contribution in [3.63, 3.8) is 0 Å². The van der Waals surface area contributed by atoms with E-state index in [1.807, 2.05) is 12.1 Å². The van der Waals surface area contributed by atoms with E-state index in [0.29, 0.717) is 36.0 Å². The summed E-state index contributed by atoms with van der Waals surface area (Å²) in [5, 5.41) is 20.4. The van der Waals surface area contributed by atoms with Crippen molar-refractivity contribution in [2.45, 2.75) is 57.0 Å². The molecule has 2 N–H and O–H groups in total. The van der Waals surface area contributed by atoms with Gasteiger partial charge in [0.05, 0.1) is 12.7 Å². The van der Waals surface area contributed by atoms with Crippen molar-refractivity contribution >= 4 is 0 Å². The normalized spacial score (nSPS) is 42.0. The van der Waals surface area contributed by atoms with E-state index in [1.165, 1.54) is 11.1 Å². The Hall–Kier alpha value is -1.06. The van der Waals surface area contributed by atoms with Crippen LogP contribution in [0.1, 0.15) is 62.0 Å². The molecule has 1 aromatic carbocycles. The van der Waals surface area contributed by atoms with Crippen molar-refractivity contribution in [3.05, 3.63) is 29.3 Å². The molecule has 3 unspecified atom stereocenters. The fourth-order valence-corrected chi connectivity index (χ4v) is 6.04. The van der Waals surface area contributed by atoms with E-state index < -0.39 is 0 Å². The van der Waals surface area contributed by atoms with Crippen molar-refractivity contribution in [3.8, 4) is 5.75 Å². The summed E-state index contributed by atoms with van der Waals surface area (Å²) in [4.78, 5) is 0. The third-order valence-corrected chi connectivity index (χ3v) is 7.22. The third kappa shape index (κ3) is 2.24. The molecular formula is C20H28O3. The molecule has 0 aromatic heterocycles. The van der Waals surface area contributed by atoms with Gasteiger partial charge in [0.1, 0.15) is 5.75 Å². The van der Waals surface area contributed by atoms with Gasteiger partial charge < -0.3 is 14.9 Å². The van der Waals surface area contributed by atoms with Gasteiger partial charge in [-0.15, -0.1) is 0 Å². The molecule has 6 atom stereocenters. The highest BCUT2D eigenvalue weighted by atomic mass is 16.5. The first-order valence-electron chi connectivity index (χ1n) is 9.04. The molecule has 0 bridgehead atoms. The van der Waals surface area contributed by atoms with Gasteiger partial charge in [-0.1, -0.05) is 13.0 Å². The zero-order valence-corrected chi connectivity index (χ0v) is 14.2. The molecule has 0 aliphatic heterocycles. The quantitative estimate of drug-likeness (QED) is 0.872. The Morgan fingerprint density at radius 1 is 1.22 bits per heavy atom. The molecule has 0 spiro atoms. The summed E-state index contributed by atoms with van der Waals surface area (Å²) in [6.45, 7) is 3.02. The van der Waals surface area contributed by atoms with E-state index in [9.17, 15) is 10.2 Å². The SMILES string of the molecule is COC[C@H]1CC2C(CC[C@@]3(C)C2CC[C@@H]3O)c2ccc(O)cc21. The molecule has 2 saturated carbocycles. The van der Waals surface area contributed by atoms with E-state index in [2.05, 4.69) is 13.0 Å². The van der Waals surface area contributed by atoms with Gasteiger partial charge in [-0.05, 0) is 78.5 Å². The molecule has 4 rings (SSSR count). The van der Waals surface area contributed by atoms with Crippen LogP contribution < -0.4 is 0 Å². The predicted octanol–water partition coefficient (Wildman–Crippen LogP) is 3.80. The van der Waals surface area contributed by atoms with Crippen LogP contribution in [0.15, 0.2) is 18.2 Å². The predicted molar refractivity (Wildman–Crippen MR) is 89.6 cm³/mol. The lowest BCUT2D eigenvalue weighted by atomic mass is 9.54. The molecule has 0 heterocycles. The Labute approximate surface area is 138 Å². The minimum Gasteiger partial charge on any atom is -0.508 e. The largest absolute Gasteiger partial charge is 0.508 e. The summed E-state index contributed by atoms with van der Waals surface area (Å²) in [5.74, 6) is 2.58. The summed E-state index contributed by atoms with van der Waals surface area (Å²) in [7, 11) is 1.76. The van der Waals surface area contributed by atoms with Crippen LogP contribution in [0.4, 0.5) is 0 Å². The monoisotopic (exact) mass is 316 g/mol. The lowest BCUT2D eigenvalue weighted by Gasteiger charge is -2.51. The van der Waals surface area contributed by atoms with Gasteiger partial charge in [-0.25, -0.2) is 0 Å². The number of rotatable bonds is 2. The van der Waals surface area contributed by atoms with Crippen LogP contribution in [0.3, 0.4) is 0 Å². The van der Waals surface area contributed by atoms with E-state index in [1.54, 1.807) is 7.11 Å². The van der Waals surface area contributed by atoms with E-state index >= 15 is 0 Å². The maximum Gasteiger partial charge on any atom is 0.115 e. The number of ether oxygens (including phenoxy) is 1. The van der Waals surface area contributed by atoms with Crippen LogP contribution in [-0.2, 0) is 4.74 Å². The summed E-state index contributed by atoms with van der Waals surface area (Å²) in [6, 6.07) is 5.92. The zero-order chi connectivity index (χ0) is 16.2. The van der Waals surface area contributed by atoms with Crippen molar-refractivity contribution in [2.24, 2.45) is 17.3 Å². The van der Waals surface area contributed by atoms with Gasteiger partial charge in [0, 0.05) is 13.0 Å². The van der Waals surface area contributed by atoms with Crippen LogP contribution in [-0.4, -0.2) is 30.0 Å². The van der Waals surface area contributed by atoms with Crippen molar-refractivity contribution in [2.75, 3.05) is 13.7 Å². The van der Waals surface area contributed by atoms with Gasteiger partial charge in [0.2, 0.25) is 0 Å². The maximum atomic E-state index is 10.5. The highest BCUT2D eigenvalue weighted by Gasteiger charge is 2.55. The Kier molecular flexibility index (Phi) is 3.69. The third-order valence-electron chi connectivity index (χ3n) is 7.22. The molecule has 2 fully saturated rings. The van der Waals surface area contributed by atoms with Gasteiger partial charge in [-0.3, -0.25) is 0 Å². The molecule has 23 heavy (non-hydrogen) atoms. The number of benzene rings is 1. The highest BCUT2D eigenvalue weighted by molar-refractivity contribution is 5.42. The zero-order valence-electron chi connectivity index (χ0n) is 14.2. The number of aromatic hydroxyl groups is 1. The maximum absolute atomic E-state index is 10.5. The van der Waals surface area contributed by atoms with Gasteiger partial charge >= 0.3 is 0 Å². The standard InChI is InChI=1S/C20H28O3/c1-20-8-7-15-14-4-3-13(21)10-16(14)12(11-23-2)9-17(15)18(20)5-6-19(20)22/h3-4,10,12,15,17-19,21-22H,5-9,11H2,1-2H3/t12-,15?,17?,18?,19+,20+/m1/s1. The average Bonchev–Trinajstić information content (AvgIpc) is 2.83. The van der Waals surface area contributed by atoms with E-state index in [4.69, 9.17) is 4.74 Å². The Bertz CT molecular complexity index is 599. The minimum atomic E-state index is -0.129. The molecule has 1 aromatic rings. The summed E-state index contributed by atoms with van der Waals surface area (Å²) in [5.41, 5.74) is 2.81. The summed E-state index contributed by atoms with van der Waals surface area (Å²) < 4.78 is 5.48. The lowest BCUT2D eigenvalue weighted by molar-refractivity contribution is -0.0273. The number of fused-ring (bicyclic) bond motifs is 5. The number of hydrogen-bond acceptors (Lipinski definition) is 3. The smallest absolute Gasteiger partial charge is 0.115 e. The van der Waals surface area contributed by atoms with Crippen LogP contribution >= 0.6 is 0 Å². The molecule has 3 nitrogen and oxygen atoms in total. The Balaban J connectivity index is 1.74. The second-order valence-electron chi connectivity index (χ2n) is 8.22. The molecule has 126 valence electrons. The number of aliphatic hydroxyl groups is 1. The Morgan fingerprint density at radius 2 is 2.04 bits per heavy atom. The van der Waals surface area contributed by atoms with Gasteiger partial charge in [0.25, 0.3) is 0 Å². The van der Waals surface area contributed by atoms with E-state index in [-0.39, 0.29) is 11.5 Å². The summed E-state index contributed by atoms with van der Waals surface area (Å²) in [6.07, 6.45) is 5.40. The first-order valence-corrected chi connectivity index (χ1v) is 9.04. The van der Waals surface area contributed by atoms with Crippen LogP contribution in [0.2, 0.25) is 0 Å². The number of methoxy groups -OCH3 is 1. The highest BCUT2D eigenvalue weighted by Crippen LogP contribution is 2.62. The molecule has 0 amide bonds. The molecule has 3 aliphatic rings. The van der Waals surface area contributed by atoms with E-state index in [0.717, 1.165) is 32.1 Å². The molecule has 3 aliphatic carbocycles. The summed E-state index contributed by atoms with van der Waals surface area (Å²) >= 11 is 0. The molecule has 0 radical (unpaired) electrons. The number of phenolic OH excluding ortho intramolecular Hbond substituents is 1. The van der Waals surface area contributed by atoms with Gasteiger partial charge in [-0.2, -0.15) is 0 Å². The molecule has 0 saturated heterocycles. The fourth-order valence-electron chi connectivity index (χ4n) is 6.04. The second kappa shape index (κ2) is 5.49. The van der Waals surface area contributed by atoms with Crippen molar-refractivity contribution < 1.29 is 14.9 Å². The van der Waals surface area contributed by atoms with Gasteiger partial charge in [0.15, 0.2) is 0 Å².